The van der Waals surface area contributed by atoms with Gasteiger partial charge in [0.05, 0.1) is 12.0 Å². The van der Waals surface area contributed by atoms with Gasteiger partial charge in [-0.2, -0.15) is 17.6 Å². The zero-order valence-corrected chi connectivity index (χ0v) is 20.9. The van der Waals surface area contributed by atoms with Gasteiger partial charge in [-0.25, -0.2) is 8.78 Å². The fourth-order valence-corrected chi connectivity index (χ4v) is 4.55. The number of phenols is 1. The Balaban J connectivity index is 2.31. The van der Waals surface area contributed by atoms with Gasteiger partial charge in [-0.05, 0) is 61.7 Å². The third-order valence-electron chi connectivity index (χ3n) is 5.60. The maximum absolute atomic E-state index is 14.8. The number of benzene rings is 3. The number of nitrogens with one attached hydrogen (secondary N) is 1. The summed E-state index contributed by atoms with van der Waals surface area (Å²) in [6.45, 7) is 4.85. The molecular formula is C26H25F6NO3S. The second-order valence-corrected chi connectivity index (χ2v) is 11.3. The van der Waals surface area contributed by atoms with Crippen LogP contribution in [0.2, 0.25) is 0 Å². The van der Waals surface area contributed by atoms with Gasteiger partial charge in [-0.1, -0.05) is 36.4 Å². The van der Waals surface area contributed by atoms with Crippen LogP contribution in [0.5, 0.6) is 11.5 Å². The first-order valence-corrected chi connectivity index (χ1v) is 12.2. The van der Waals surface area contributed by atoms with Crippen molar-refractivity contribution in [2.24, 2.45) is 0 Å². The summed E-state index contributed by atoms with van der Waals surface area (Å²) in [6.07, 6.45) is -9.08. The predicted molar refractivity (Wildman–Crippen MR) is 128 cm³/mol. The standard InChI is InChI=1S/C26H25F6NO3S/c1-24(2,3)37(35)33-15-25(16-7-5-4-6-8-16,17-9-10-21(28)22(34)13-17)18-11-19(27)14-20(12-18)36-26(31,32)23(29)30/h4-14,23,33-34H,15H2,1-3H3. The molecule has 0 aliphatic heterocycles. The van der Waals surface area contributed by atoms with Crippen LogP contribution in [0.1, 0.15) is 37.5 Å². The molecule has 4 nitrogen and oxygen atoms in total. The minimum Gasteiger partial charge on any atom is -0.598 e. The highest BCUT2D eigenvalue weighted by atomic mass is 32.2. The van der Waals surface area contributed by atoms with E-state index in [4.69, 9.17) is 0 Å². The summed E-state index contributed by atoms with van der Waals surface area (Å²) >= 11 is -1.68. The molecule has 2 atom stereocenters. The summed E-state index contributed by atoms with van der Waals surface area (Å²) in [5.41, 5.74) is -1.05. The van der Waals surface area contributed by atoms with Gasteiger partial charge >= 0.3 is 12.5 Å². The van der Waals surface area contributed by atoms with Crippen molar-refractivity contribution in [1.82, 2.24) is 4.72 Å². The van der Waals surface area contributed by atoms with Crippen molar-refractivity contribution in [1.29, 1.82) is 0 Å². The summed E-state index contributed by atoms with van der Waals surface area (Å²) in [5.74, 6) is -3.66. The molecule has 3 rings (SSSR count). The van der Waals surface area contributed by atoms with Crippen molar-refractivity contribution in [3.05, 3.63) is 95.1 Å². The van der Waals surface area contributed by atoms with Gasteiger partial charge in [0.15, 0.2) is 11.6 Å². The van der Waals surface area contributed by atoms with Gasteiger partial charge in [-0.15, -0.1) is 4.72 Å². The number of ether oxygens (including phenoxy) is 1. The lowest BCUT2D eigenvalue weighted by Gasteiger charge is -2.37. The van der Waals surface area contributed by atoms with Crippen molar-refractivity contribution in [3.8, 4) is 11.5 Å². The summed E-state index contributed by atoms with van der Waals surface area (Å²) in [7, 11) is 0. The van der Waals surface area contributed by atoms with Gasteiger partial charge < -0.3 is 14.4 Å². The molecule has 11 heteroatoms. The minimum atomic E-state index is -4.90. The van der Waals surface area contributed by atoms with E-state index in [2.05, 4.69) is 9.46 Å². The largest absolute Gasteiger partial charge is 0.598 e. The van der Waals surface area contributed by atoms with Crippen molar-refractivity contribution in [3.63, 3.8) is 0 Å². The van der Waals surface area contributed by atoms with Crippen molar-refractivity contribution >= 4 is 11.4 Å². The molecule has 0 aliphatic rings. The highest BCUT2D eigenvalue weighted by Crippen LogP contribution is 2.43. The van der Waals surface area contributed by atoms with Crippen LogP contribution >= 0.6 is 0 Å². The van der Waals surface area contributed by atoms with Crippen LogP contribution in [0.3, 0.4) is 0 Å². The average Bonchev–Trinajstić information content (AvgIpc) is 2.81. The summed E-state index contributed by atoms with van der Waals surface area (Å²) in [4.78, 5) is 0. The molecule has 0 aliphatic carbocycles. The Morgan fingerprint density at radius 1 is 0.919 bits per heavy atom. The number of hydrogen-bond acceptors (Lipinski definition) is 4. The number of phenolic OH excluding ortho intramolecular Hbond substituents is 1. The number of rotatable bonds is 9. The molecule has 37 heavy (non-hydrogen) atoms. The zero-order valence-electron chi connectivity index (χ0n) is 20.1. The van der Waals surface area contributed by atoms with Gasteiger partial charge in [0.1, 0.15) is 16.3 Å². The molecule has 3 aromatic rings. The Bertz CT molecular complexity index is 1220. The molecule has 0 saturated heterocycles. The Labute approximate surface area is 213 Å². The Morgan fingerprint density at radius 2 is 1.57 bits per heavy atom. The van der Waals surface area contributed by atoms with E-state index in [1.807, 2.05) is 0 Å². The van der Waals surface area contributed by atoms with E-state index in [0.29, 0.717) is 11.6 Å². The SMILES string of the molecule is CC(C)(C)[S+]([O-])NCC(c1ccccc1)(c1cc(F)cc(OC(F)(F)C(F)F)c1)c1ccc(F)c(O)c1. The second kappa shape index (κ2) is 10.8. The van der Waals surface area contributed by atoms with Crippen LogP contribution in [-0.2, 0) is 16.8 Å². The third kappa shape index (κ3) is 6.34. The molecule has 0 aromatic heterocycles. The van der Waals surface area contributed by atoms with Gasteiger partial charge in [0.25, 0.3) is 0 Å². The molecule has 0 fully saturated rings. The van der Waals surface area contributed by atoms with Crippen LogP contribution in [-0.4, -0.2) is 33.5 Å². The summed E-state index contributed by atoms with van der Waals surface area (Å²) in [5, 5.41) is 10.2. The van der Waals surface area contributed by atoms with Crippen LogP contribution in [0.15, 0.2) is 66.7 Å². The lowest BCUT2D eigenvalue weighted by molar-refractivity contribution is -0.253. The molecule has 0 spiro atoms. The Kier molecular flexibility index (Phi) is 8.40. The van der Waals surface area contributed by atoms with E-state index >= 15 is 0 Å². The quantitative estimate of drug-likeness (QED) is 0.188. The maximum Gasteiger partial charge on any atom is 0.461 e. The lowest BCUT2D eigenvalue weighted by atomic mass is 9.69. The Hall–Kier alpha value is -2.89. The molecular weight excluding hydrogens is 520 g/mol. The summed E-state index contributed by atoms with van der Waals surface area (Å²) < 4.78 is 101. The van der Waals surface area contributed by atoms with E-state index in [-0.39, 0.29) is 17.7 Å². The highest BCUT2D eigenvalue weighted by Gasteiger charge is 2.45. The molecule has 3 aromatic carbocycles. The fourth-order valence-electron chi connectivity index (χ4n) is 3.77. The van der Waals surface area contributed by atoms with Crippen LogP contribution < -0.4 is 9.46 Å². The first-order chi connectivity index (χ1) is 17.2. The maximum atomic E-state index is 14.8. The number of hydrogen-bond donors (Lipinski definition) is 2. The normalized spacial score (nSPS) is 14.9. The Morgan fingerprint density at radius 3 is 2.14 bits per heavy atom. The molecule has 0 bridgehead atoms. The van der Waals surface area contributed by atoms with Crippen molar-refractivity contribution in [2.45, 2.75) is 43.5 Å². The number of halogens is 6. The number of alkyl halides is 4. The highest BCUT2D eigenvalue weighted by molar-refractivity contribution is 7.90. The molecule has 200 valence electrons. The zero-order chi connectivity index (χ0) is 27.6. The molecule has 0 heterocycles. The molecule has 2 N–H and O–H groups in total. The van der Waals surface area contributed by atoms with Crippen LogP contribution in [0.4, 0.5) is 26.3 Å². The molecule has 2 unspecified atom stereocenters. The minimum absolute atomic E-state index is 0.0665. The van der Waals surface area contributed by atoms with E-state index in [1.54, 1.807) is 51.1 Å². The third-order valence-corrected chi connectivity index (χ3v) is 7.12. The molecule has 0 saturated carbocycles. The van der Waals surface area contributed by atoms with E-state index in [9.17, 15) is 36.0 Å². The van der Waals surface area contributed by atoms with Crippen LogP contribution in [0, 0.1) is 11.6 Å². The molecule has 0 radical (unpaired) electrons. The van der Waals surface area contributed by atoms with Gasteiger partial charge in [0.2, 0.25) is 0 Å². The van der Waals surface area contributed by atoms with Crippen LogP contribution in [0.25, 0.3) is 0 Å². The first kappa shape index (κ1) is 28.7. The van der Waals surface area contributed by atoms with Gasteiger partial charge in [-0.3, -0.25) is 0 Å². The van der Waals surface area contributed by atoms with Gasteiger partial charge in [0, 0.05) is 17.4 Å². The molecule has 0 amide bonds. The van der Waals surface area contributed by atoms with E-state index in [1.165, 1.54) is 6.07 Å². The number of aromatic hydroxyl groups is 1. The van der Waals surface area contributed by atoms with E-state index < -0.39 is 57.2 Å². The smallest absolute Gasteiger partial charge is 0.461 e. The average molecular weight is 546 g/mol. The lowest BCUT2D eigenvalue weighted by Crippen LogP contribution is -2.47. The second-order valence-electron chi connectivity index (χ2n) is 9.28. The summed E-state index contributed by atoms with van der Waals surface area (Å²) in [6, 6.07) is 14.0. The van der Waals surface area contributed by atoms with E-state index in [0.717, 1.165) is 24.3 Å². The first-order valence-electron chi connectivity index (χ1n) is 11.0. The van der Waals surface area contributed by atoms with Crippen molar-refractivity contribution < 1.29 is 40.7 Å². The topological polar surface area (TPSA) is 64.5 Å². The fraction of sp³-hybridized carbons (Fsp3) is 0.308. The van der Waals surface area contributed by atoms with Crippen molar-refractivity contribution in [2.75, 3.05) is 6.54 Å². The predicted octanol–water partition coefficient (Wildman–Crippen LogP) is 6.29. The monoisotopic (exact) mass is 545 g/mol.